The third kappa shape index (κ3) is 4.01. The summed E-state index contributed by atoms with van der Waals surface area (Å²) in [6.45, 7) is 3.35. The van der Waals surface area contributed by atoms with E-state index < -0.39 is 51.8 Å². The SMILES string of the molecule is CC(C)(c1ccc(Br)cc1)C(Cc1c(F)c(F)cc(F)c1Cl)C(=O)O. The highest BCUT2D eigenvalue weighted by Gasteiger charge is 2.38. The number of rotatable bonds is 5. The van der Waals surface area contributed by atoms with Gasteiger partial charge in [0.25, 0.3) is 0 Å². The number of benzene rings is 2. The summed E-state index contributed by atoms with van der Waals surface area (Å²) in [5.41, 5.74) is -0.723. The largest absolute Gasteiger partial charge is 0.481 e. The molecule has 0 aliphatic rings. The number of carbonyl (C=O) groups is 1. The molecule has 7 heteroatoms. The summed E-state index contributed by atoms with van der Waals surface area (Å²) in [6, 6.07) is 7.34. The van der Waals surface area contributed by atoms with Crippen LogP contribution in [-0.2, 0) is 16.6 Å². The van der Waals surface area contributed by atoms with Crippen LogP contribution in [0.15, 0.2) is 34.8 Å². The number of carboxylic acids is 1. The van der Waals surface area contributed by atoms with Gasteiger partial charge in [0.05, 0.1) is 10.9 Å². The Bertz CT molecular complexity index is 781. The minimum atomic E-state index is -1.40. The van der Waals surface area contributed by atoms with Crippen LogP contribution < -0.4 is 0 Å². The molecule has 2 nitrogen and oxygen atoms in total. The van der Waals surface area contributed by atoms with Crippen LogP contribution in [0.4, 0.5) is 13.2 Å². The average Bonchev–Trinajstić information content (AvgIpc) is 2.53. The topological polar surface area (TPSA) is 37.3 Å². The van der Waals surface area contributed by atoms with Crippen molar-refractivity contribution in [3.05, 3.63) is 68.4 Å². The van der Waals surface area contributed by atoms with E-state index in [9.17, 15) is 23.1 Å². The number of hydrogen-bond acceptors (Lipinski definition) is 1. The van der Waals surface area contributed by atoms with Crippen LogP contribution in [0.25, 0.3) is 0 Å². The second kappa shape index (κ2) is 7.38. The first-order valence-corrected chi connectivity index (χ1v) is 8.53. The second-order valence-corrected chi connectivity index (χ2v) is 7.56. The molecule has 2 aromatic carbocycles. The van der Waals surface area contributed by atoms with Crippen molar-refractivity contribution >= 4 is 33.5 Å². The predicted molar refractivity (Wildman–Crippen MR) is 93.3 cm³/mol. The Kier molecular flexibility index (Phi) is 5.84. The lowest BCUT2D eigenvalue weighted by atomic mass is 9.71. The summed E-state index contributed by atoms with van der Waals surface area (Å²) < 4.78 is 42.1. The van der Waals surface area contributed by atoms with Crippen molar-refractivity contribution in [2.45, 2.75) is 25.7 Å². The molecule has 0 heterocycles. The van der Waals surface area contributed by atoms with Crippen molar-refractivity contribution in [2.24, 2.45) is 5.92 Å². The zero-order chi connectivity index (χ0) is 18.9. The van der Waals surface area contributed by atoms with Gasteiger partial charge in [-0.2, -0.15) is 0 Å². The molecule has 0 radical (unpaired) electrons. The molecule has 1 N–H and O–H groups in total. The number of aliphatic carboxylic acids is 1. The molecule has 0 spiro atoms. The monoisotopic (exact) mass is 434 g/mol. The fourth-order valence-electron chi connectivity index (χ4n) is 2.74. The fraction of sp³-hybridized carbons (Fsp3) is 0.278. The first-order chi connectivity index (χ1) is 11.6. The van der Waals surface area contributed by atoms with E-state index in [0.29, 0.717) is 11.6 Å². The first-order valence-electron chi connectivity index (χ1n) is 7.36. The standard InChI is InChI=1S/C18H15BrClF3O2/c1-18(2,9-3-5-10(19)6-4-9)12(17(24)25)7-11-15(20)13(21)8-14(22)16(11)23/h3-6,8,12H,7H2,1-2H3,(H,24,25). The number of carboxylic acid groups (broad SMARTS) is 1. The van der Waals surface area contributed by atoms with Crippen LogP contribution in [-0.4, -0.2) is 11.1 Å². The maximum atomic E-state index is 14.1. The van der Waals surface area contributed by atoms with Crippen molar-refractivity contribution in [3.63, 3.8) is 0 Å². The van der Waals surface area contributed by atoms with E-state index in [2.05, 4.69) is 15.9 Å². The molecular weight excluding hydrogens is 421 g/mol. The van der Waals surface area contributed by atoms with E-state index in [-0.39, 0.29) is 0 Å². The normalized spacial score (nSPS) is 12.9. The van der Waals surface area contributed by atoms with Crippen LogP contribution in [0.1, 0.15) is 25.0 Å². The third-order valence-electron chi connectivity index (χ3n) is 4.37. The second-order valence-electron chi connectivity index (χ2n) is 6.27. The minimum absolute atomic E-state index is 0.344. The molecule has 1 unspecified atom stereocenters. The summed E-state index contributed by atoms with van der Waals surface area (Å²) in [7, 11) is 0. The Morgan fingerprint density at radius 3 is 2.28 bits per heavy atom. The Labute approximate surface area is 156 Å². The molecule has 0 saturated carbocycles. The van der Waals surface area contributed by atoms with Gasteiger partial charge in [0.2, 0.25) is 0 Å². The van der Waals surface area contributed by atoms with E-state index in [1.807, 2.05) is 0 Å². The van der Waals surface area contributed by atoms with E-state index in [0.717, 1.165) is 4.47 Å². The molecule has 25 heavy (non-hydrogen) atoms. The first kappa shape index (κ1) is 19.8. The summed E-state index contributed by atoms with van der Waals surface area (Å²) >= 11 is 9.06. The van der Waals surface area contributed by atoms with Crippen LogP contribution >= 0.6 is 27.5 Å². The van der Waals surface area contributed by atoms with Gasteiger partial charge in [0.1, 0.15) is 5.82 Å². The lowest BCUT2D eigenvalue weighted by Gasteiger charge is -2.32. The van der Waals surface area contributed by atoms with Gasteiger partial charge in [0, 0.05) is 21.5 Å². The van der Waals surface area contributed by atoms with Crippen molar-refractivity contribution < 1.29 is 23.1 Å². The van der Waals surface area contributed by atoms with Crippen LogP contribution in [0.3, 0.4) is 0 Å². The number of hydrogen-bond donors (Lipinski definition) is 1. The minimum Gasteiger partial charge on any atom is -0.481 e. The molecule has 0 saturated heterocycles. The molecule has 0 amide bonds. The molecule has 2 rings (SSSR count). The van der Waals surface area contributed by atoms with E-state index in [4.69, 9.17) is 11.6 Å². The zero-order valence-electron chi connectivity index (χ0n) is 13.4. The Morgan fingerprint density at radius 2 is 1.76 bits per heavy atom. The molecular formula is C18H15BrClF3O2. The highest BCUT2D eigenvalue weighted by Crippen LogP contribution is 2.37. The van der Waals surface area contributed by atoms with Gasteiger partial charge in [-0.25, -0.2) is 13.2 Å². The van der Waals surface area contributed by atoms with Gasteiger partial charge in [-0.3, -0.25) is 4.79 Å². The number of halogens is 5. The summed E-state index contributed by atoms with van der Waals surface area (Å²) in [5, 5.41) is 9.04. The van der Waals surface area contributed by atoms with Crippen LogP contribution in [0, 0.1) is 23.4 Å². The molecule has 0 aliphatic heterocycles. The maximum absolute atomic E-state index is 14.1. The lowest BCUT2D eigenvalue weighted by molar-refractivity contribution is -0.144. The van der Waals surface area contributed by atoms with Crippen LogP contribution in [0.5, 0.6) is 0 Å². The maximum Gasteiger partial charge on any atom is 0.307 e. The zero-order valence-corrected chi connectivity index (χ0v) is 15.8. The molecule has 0 bridgehead atoms. The lowest BCUT2D eigenvalue weighted by Crippen LogP contribution is -2.36. The van der Waals surface area contributed by atoms with Gasteiger partial charge in [0.15, 0.2) is 11.6 Å². The Morgan fingerprint density at radius 1 is 1.20 bits per heavy atom. The predicted octanol–water partition coefficient (Wildman–Crippen LogP) is 5.74. The molecule has 0 aromatic heterocycles. The quantitative estimate of drug-likeness (QED) is 0.608. The van der Waals surface area contributed by atoms with Crippen molar-refractivity contribution in [1.29, 1.82) is 0 Å². The molecule has 0 fully saturated rings. The van der Waals surface area contributed by atoms with Crippen LogP contribution in [0.2, 0.25) is 5.02 Å². The highest BCUT2D eigenvalue weighted by molar-refractivity contribution is 9.10. The van der Waals surface area contributed by atoms with E-state index in [1.165, 1.54) is 0 Å². The summed E-state index contributed by atoms with van der Waals surface area (Å²) in [6.07, 6.45) is -0.447. The van der Waals surface area contributed by atoms with Gasteiger partial charge >= 0.3 is 5.97 Å². The van der Waals surface area contributed by atoms with Crippen molar-refractivity contribution in [3.8, 4) is 0 Å². The molecule has 2 aromatic rings. The Hall–Kier alpha value is -1.53. The molecule has 1 atom stereocenters. The van der Waals surface area contributed by atoms with Gasteiger partial charge in [-0.05, 0) is 24.1 Å². The third-order valence-corrected chi connectivity index (χ3v) is 5.31. The van der Waals surface area contributed by atoms with Gasteiger partial charge in [-0.1, -0.05) is 53.5 Å². The van der Waals surface area contributed by atoms with Gasteiger partial charge < -0.3 is 5.11 Å². The van der Waals surface area contributed by atoms with Crippen molar-refractivity contribution in [2.75, 3.05) is 0 Å². The summed E-state index contributed by atoms with van der Waals surface area (Å²) in [4.78, 5) is 11.8. The molecule has 134 valence electrons. The van der Waals surface area contributed by atoms with Crippen molar-refractivity contribution in [1.82, 2.24) is 0 Å². The smallest absolute Gasteiger partial charge is 0.307 e. The van der Waals surface area contributed by atoms with Gasteiger partial charge in [-0.15, -0.1) is 0 Å². The fourth-order valence-corrected chi connectivity index (χ4v) is 3.22. The summed E-state index contributed by atoms with van der Waals surface area (Å²) in [5.74, 6) is -6.22. The van der Waals surface area contributed by atoms with E-state index >= 15 is 0 Å². The Balaban J connectivity index is 2.50. The van der Waals surface area contributed by atoms with E-state index in [1.54, 1.807) is 38.1 Å². The highest BCUT2D eigenvalue weighted by atomic mass is 79.9. The average molecular weight is 436 g/mol. The molecule has 0 aliphatic carbocycles.